The Labute approximate surface area is 186 Å². The third kappa shape index (κ3) is 3.67. The van der Waals surface area contributed by atoms with Crippen LogP contribution in [0.3, 0.4) is 0 Å². The first-order chi connectivity index (χ1) is 15.7. The maximum Gasteiger partial charge on any atom is 0.271 e. The highest BCUT2D eigenvalue weighted by atomic mass is 16.2. The first-order valence-corrected chi connectivity index (χ1v) is 10.7. The van der Waals surface area contributed by atoms with Gasteiger partial charge in [0.25, 0.3) is 5.91 Å². The maximum absolute atomic E-state index is 12.5. The summed E-state index contributed by atoms with van der Waals surface area (Å²) < 4.78 is 2.31. The number of carbonyl (C=O) groups excluding carboxylic acids is 1. The molecule has 1 heterocycles. The van der Waals surface area contributed by atoms with Crippen molar-refractivity contribution in [3.05, 3.63) is 108 Å². The number of amides is 1. The molecule has 4 nitrogen and oxygen atoms in total. The maximum atomic E-state index is 12.5. The summed E-state index contributed by atoms with van der Waals surface area (Å²) in [7, 11) is 0. The molecule has 0 aliphatic rings. The zero-order valence-corrected chi connectivity index (χ0v) is 17.8. The van der Waals surface area contributed by atoms with E-state index in [0.29, 0.717) is 5.56 Å². The summed E-state index contributed by atoms with van der Waals surface area (Å²) in [4.78, 5) is 12.5. The fourth-order valence-corrected chi connectivity index (χ4v) is 4.17. The molecule has 0 aliphatic carbocycles. The van der Waals surface area contributed by atoms with E-state index in [9.17, 15) is 4.79 Å². The molecule has 0 fully saturated rings. The van der Waals surface area contributed by atoms with Crippen molar-refractivity contribution in [1.29, 1.82) is 0 Å². The van der Waals surface area contributed by atoms with E-state index in [0.717, 1.165) is 23.2 Å². The number of para-hydroxylation sites is 1. The summed E-state index contributed by atoms with van der Waals surface area (Å²) in [6, 6.07) is 32.3. The Bertz CT molecular complexity index is 1430. The third-order valence-corrected chi connectivity index (χ3v) is 5.75. The molecule has 5 aromatic rings. The number of hydrazone groups is 1. The number of nitrogens with one attached hydrogen (secondary N) is 1. The second kappa shape index (κ2) is 8.52. The average Bonchev–Trinajstić information content (AvgIpc) is 3.17. The SMILES string of the molecule is CCn1c2ccccc2c2cc(C=NNC(=O)c3ccc(-c4ccccc4)cc3)ccc21. The predicted molar refractivity (Wildman–Crippen MR) is 132 cm³/mol. The van der Waals surface area contributed by atoms with E-state index < -0.39 is 0 Å². The molecule has 4 aromatic carbocycles. The molecule has 0 atom stereocenters. The minimum Gasteiger partial charge on any atom is -0.341 e. The monoisotopic (exact) mass is 417 g/mol. The lowest BCUT2D eigenvalue weighted by molar-refractivity contribution is 0.0955. The lowest BCUT2D eigenvalue weighted by Crippen LogP contribution is -2.17. The molecule has 0 radical (unpaired) electrons. The molecule has 1 N–H and O–H groups in total. The number of aryl methyl sites for hydroxylation is 1. The predicted octanol–water partition coefficient (Wildman–Crippen LogP) is 6.25. The Morgan fingerprint density at radius 3 is 2.28 bits per heavy atom. The molecular formula is C28H23N3O. The van der Waals surface area contributed by atoms with E-state index in [1.165, 1.54) is 21.8 Å². The van der Waals surface area contributed by atoms with Crippen molar-refractivity contribution in [2.75, 3.05) is 0 Å². The van der Waals surface area contributed by atoms with Crippen molar-refractivity contribution >= 4 is 33.9 Å². The molecule has 156 valence electrons. The van der Waals surface area contributed by atoms with Gasteiger partial charge < -0.3 is 4.57 Å². The number of fused-ring (bicyclic) bond motifs is 3. The van der Waals surface area contributed by atoms with Crippen LogP contribution in [0.2, 0.25) is 0 Å². The number of rotatable bonds is 5. The first-order valence-electron chi connectivity index (χ1n) is 10.7. The molecule has 1 aromatic heterocycles. The van der Waals surface area contributed by atoms with E-state index >= 15 is 0 Å². The van der Waals surface area contributed by atoms with E-state index in [4.69, 9.17) is 0 Å². The Morgan fingerprint density at radius 1 is 0.812 bits per heavy atom. The quantitative estimate of drug-likeness (QED) is 0.267. The molecule has 0 saturated carbocycles. The Balaban J connectivity index is 1.33. The van der Waals surface area contributed by atoms with Gasteiger partial charge in [-0.15, -0.1) is 0 Å². The van der Waals surface area contributed by atoms with Gasteiger partial charge in [-0.3, -0.25) is 4.79 Å². The number of hydrogen-bond donors (Lipinski definition) is 1. The third-order valence-electron chi connectivity index (χ3n) is 5.75. The first kappa shape index (κ1) is 19.8. The van der Waals surface area contributed by atoms with Crippen LogP contribution in [0.4, 0.5) is 0 Å². The zero-order valence-electron chi connectivity index (χ0n) is 17.8. The summed E-state index contributed by atoms with van der Waals surface area (Å²) in [6.07, 6.45) is 1.69. The van der Waals surface area contributed by atoms with Crippen molar-refractivity contribution in [3.63, 3.8) is 0 Å². The fourth-order valence-electron chi connectivity index (χ4n) is 4.17. The van der Waals surface area contributed by atoms with E-state index in [1.54, 1.807) is 6.21 Å². The van der Waals surface area contributed by atoms with Crippen molar-refractivity contribution in [2.24, 2.45) is 5.10 Å². The summed E-state index contributed by atoms with van der Waals surface area (Å²) in [5.74, 6) is -0.232. The molecular weight excluding hydrogens is 394 g/mol. The molecule has 0 saturated heterocycles. The van der Waals surface area contributed by atoms with Crippen LogP contribution < -0.4 is 5.43 Å². The second-order valence-corrected chi connectivity index (χ2v) is 7.68. The number of aromatic nitrogens is 1. The molecule has 32 heavy (non-hydrogen) atoms. The summed E-state index contributed by atoms with van der Waals surface area (Å²) >= 11 is 0. The molecule has 5 rings (SSSR count). The molecule has 4 heteroatoms. The van der Waals surface area contributed by atoms with Gasteiger partial charge in [-0.05, 0) is 53.9 Å². The van der Waals surface area contributed by atoms with Crippen molar-refractivity contribution in [1.82, 2.24) is 9.99 Å². The van der Waals surface area contributed by atoms with Crippen LogP contribution in [0, 0.1) is 0 Å². The Hall–Kier alpha value is -4.18. The highest BCUT2D eigenvalue weighted by Crippen LogP contribution is 2.29. The minimum absolute atomic E-state index is 0.232. The molecule has 0 unspecified atom stereocenters. The van der Waals surface area contributed by atoms with Crippen LogP contribution in [-0.4, -0.2) is 16.7 Å². The highest BCUT2D eigenvalue weighted by Gasteiger charge is 2.09. The number of hydrogen-bond acceptors (Lipinski definition) is 2. The summed E-state index contributed by atoms with van der Waals surface area (Å²) in [5, 5.41) is 6.59. The van der Waals surface area contributed by atoms with Crippen LogP contribution in [-0.2, 0) is 6.54 Å². The molecule has 1 amide bonds. The highest BCUT2D eigenvalue weighted by molar-refractivity contribution is 6.09. The van der Waals surface area contributed by atoms with Crippen molar-refractivity contribution in [3.8, 4) is 11.1 Å². The number of nitrogens with zero attached hydrogens (tertiary/aromatic N) is 2. The van der Waals surface area contributed by atoms with Crippen LogP contribution in [0.1, 0.15) is 22.8 Å². The van der Waals surface area contributed by atoms with Gasteiger partial charge >= 0.3 is 0 Å². The van der Waals surface area contributed by atoms with Gasteiger partial charge in [-0.1, -0.05) is 66.7 Å². The van der Waals surface area contributed by atoms with E-state index in [1.807, 2.05) is 60.7 Å². The van der Waals surface area contributed by atoms with E-state index in [2.05, 4.69) is 58.4 Å². The normalized spacial score (nSPS) is 11.4. The lowest BCUT2D eigenvalue weighted by atomic mass is 10.0. The van der Waals surface area contributed by atoms with Crippen LogP contribution >= 0.6 is 0 Å². The van der Waals surface area contributed by atoms with Gasteiger partial charge in [-0.25, -0.2) is 5.43 Å². The molecule has 0 aliphatic heterocycles. The van der Waals surface area contributed by atoms with Gasteiger partial charge in [-0.2, -0.15) is 5.10 Å². The average molecular weight is 418 g/mol. The smallest absolute Gasteiger partial charge is 0.271 e. The van der Waals surface area contributed by atoms with E-state index in [-0.39, 0.29) is 5.91 Å². The van der Waals surface area contributed by atoms with Crippen molar-refractivity contribution in [2.45, 2.75) is 13.5 Å². The minimum atomic E-state index is -0.232. The lowest BCUT2D eigenvalue weighted by Gasteiger charge is -2.04. The largest absolute Gasteiger partial charge is 0.341 e. The fraction of sp³-hybridized carbons (Fsp3) is 0.0714. The van der Waals surface area contributed by atoms with Gasteiger partial charge in [0.2, 0.25) is 0 Å². The van der Waals surface area contributed by atoms with Crippen LogP contribution in [0.25, 0.3) is 32.9 Å². The second-order valence-electron chi connectivity index (χ2n) is 7.68. The topological polar surface area (TPSA) is 46.4 Å². The van der Waals surface area contributed by atoms with Gasteiger partial charge in [0.1, 0.15) is 0 Å². The molecule has 0 spiro atoms. The zero-order chi connectivity index (χ0) is 21.9. The van der Waals surface area contributed by atoms with Crippen LogP contribution in [0.15, 0.2) is 102 Å². The number of carbonyl (C=O) groups is 1. The molecule has 0 bridgehead atoms. The Morgan fingerprint density at radius 2 is 1.50 bits per heavy atom. The van der Waals surface area contributed by atoms with Crippen molar-refractivity contribution < 1.29 is 4.79 Å². The number of benzene rings is 4. The summed E-state index contributed by atoms with van der Waals surface area (Å²) in [6.45, 7) is 3.07. The van der Waals surface area contributed by atoms with Gasteiger partial charge in [0.15, 0.2) is 0 Å². The van der Waals surface area contributed by atoms with Crippen LogP contribution in [0.5, 0.6) is 0 Å². The van der Waals surface area contributed by atoms with Gasteiger partial charge in [0, 0.05) is 33.9 Å². The standard InChI is InChI=1S/C28H23N3O/c1-2-31-26-11-7-6-10-24(26)25-18-20(12-17-27(25)31)19-29-30-28(32)23-15-13-22(14-16-23)21-8-4-3-5-9-21/h3-19H,2H2,1H3,(H,30,32). The Kier molecular flexibility index (Phi) is 5.26. The summed E-state index contributed by atoms with van der Waals surface area (Å²) in [5.41, 5.74) is 8.77. The van der Waals surface area contributed by atoms with Gasteiger partial charge in [0.05, 0.1) is 6.21 Å².